The van der Waals surface area contributed by atoms with Crippen molar-refractivity contribution in [3.8, 4) is 11.5 Å². The lowest BCUT2D eigenvalue weighted by atomic mass is 9.90. The van der Waals surface area contributed by atoms with E-state index in [1.54, 1.807) is 24.3 Å². The number of nitrogens with one attached hydrogen (secondary N) is 1. The van der Waals surface area contributed by atoms with E-state index in [2.05, 4.69) is 9.83 Å². The Bertz CT molecular complexity index is 1320. The van der Waals surface area contributed by atoms with Crippen LogP contribution in [-0.4, -0.2) is 46.4 Å². The van der Waals surface area contributed by atoms with Gasteiger partial charge in [-0.15, -0.1) is 0 Å². The molecule has 0 saturated heterocycles. The number of nitrogens with zero attached hydrogens (tertiary/aromatic N) is 1. The standard InChI is InChI=1S/C24H23N3O3.C2HF3O2.2H2S/c1-26-22-4-2-3-19(22)24(29)21(25)11-16-13-27-23-10-9-18(12-20(16)23)30-17-7-5-15(14-28)6-8-17;3-2(4,5)1(6)7;;/h5-10,12-14,19,21-22,27H,2-4,11,25H2;(H,6,7);2*1H2/t19?,21-,22-;;;/m0.../s1. The molecule has 0 amide bonds. The van der Waals surface area contributed by atoms with E-state index in [1.807, 2.05) is 24.4 Å². The molecule has 3 atom stereocenters. The van der Waals surface area contributed by atoms with E-state index >= 15 is 0 Å². The monoisotopic (exact) mass is 583 g/mol. The van der Waals surface area contributed by atoms with E-state index in [1.165, 1.54) is 0 Å². The fourth-order valence-corrected chi connectivity index (χ4v) is 4.18. The molecule has 1 aliphatic rings. The molecule has 2 aromatic carbocycles. The average molecular weight is 584 g/mol. The summed E-state index contributed by atoms with van der Waals surface area (Å²) in [6.45, 7) is 7.30. The van der Waals surface area contributed by atoms with Gasteiger partial charge in [0.1, 0.15) is 17.8 Å². The molecule has 13 heteroatoms. The minimum absolute atomic E-state index is 0. The Hall–Kier alpha value is -3.47. The number of benzene rings is 2. The van der Waals surface area contributed by atoms with E-state index in [0.29, 0.717) is 23.5 Å². The first-order valence-electron chi connectivity index (χ1n) is 11.3. The van der Waals surface area contributed by atoms with Crippen molar-refractivity contribution in [1.82, 2.24) is 4.98 Å². The number of aromatic nitrogens is 1. The van der Waals surface area contributed by atoms with Crippen LogP contribution in [0.1, 0.15) is 35.2 Å². The molecule has 0 radical (unpaired) electrons. The van der Waals surface area contributed by atoms with Crippen molar-refractivity contribution in [3.05, 3.63) is 71.2 Å². The number of fused-ring (bicyclic) bond motifs is 1. The van der Waals surface area contributed by atoms with Gasteiger partial charge in [-0.05, 0) is 67.3 Å². The first-order chi connectivity index (χ1) is 17.5. The Labute approximate surface area is 236 Å². The molecule has 1 heterocycles. The third kappa shape index (κ3) is 8.77. The molecule has 1 saturated carbocycles. The maximum atomic E-state index is 12.8. The molecule has 210 valence electrons. The summed E-state index contributed by atoms with van der Waals surface area (Å²) in [5.41, 5.74) is 8.74. The highest BCUT2D eigenvalue weighted by molar-refractivity contribution is 7.59. The molecule has 1 aromatic heterocycles. The Morgan fingerprint density at radius 1 is 1.15 bits per heavy atom. The Kier molecular flexibility index (Phi) is 12.6. The molecule has 4 rings (SSSR count). The zero-order valence-corrected chi connectivity index (χ0v) is 22.5. The number of aromatic amines is 1. The number of hydrogen-bond acceptors (Lipinski definition) is 5. The zero-order valence-electron chi connectivity index (χ0n) is 20.5. The van der Waals surface area contributed by atoms with Crippen LogP contribution in [-0.2, 0) is 16.0 Å². The number of hydrogen-bond donors (Lipinski definition) is 3. The number of carbonyl (C=O) groups is 3. The van der Waals surface area contributed by atoms with Crippen molar-refractivity contribution in [1.29, 1.82) is 0 Å². The van der Waals surface area contributed by atoms with Gasteiger partial charge >= 0.3 is 12.1 Å². The predicted octanol–water partition coefficient (Wildman–Crippen LogP) is 5.16. The minimum Gasteiger partial charge on any atom is -0.475 e. The number of rotatable bonds is 7. The molecule has 0 bridgehead atoms. The Morgan fingerprint density at radius 2 is 1.77 bits per heavy atom. The average Bonchev–Trinajstić information content (AvgIpc) is 3.51. The van der Waals surface area contributed by atoms with Crippen molar-refractivity contribution < 1.29 is 37.4 Å². The number of carboxylic acid groups (broad SMARTS) is 1. The molecule has 4 N–H and O–H groups in total. The number of alkyl halides is 3. The van der Waals surface area contributed by atoms with Gasteiger partial charge in [0.2, 0.25) is 6.04 Å². The Morgan fingerprint density at radius 3 is 2.33 bits per heavy atom. The van der Waals surface area contributed by atoms with Crippen molar-refractivity contribution >= 4 is 55.9 Å². The number of aldehydes is 1. The van der Waals surface area contributed by atoms with Crippen molar-refractivity contribution in [3.63, 3.8) is 0 Å². The maximum absolute atomic E-state index is 12.8. The fourth-order valence-electron chi connectivity index (χ4n) is 4.18. The van der Waals surface area contributed by atoms with Crippen LogP contribution < -0.4 is 10.5 Å². The fraction of sp³-hybridized carbons (Fsp3) is 0.308. The van der Waals surface area contributed by atoms with Crippen molar-refractivity contribution in [2.45, 2.75) is 43.9 Å². The second-order valence-electron chi connectivity index (χ2n) is 8.56. The molecule has 1 unspecified atom stereocenters. The summed E-state index contributed by atoms with van der Waals surface area (Å²) in [5.74, 6) is -1.71. The number of carboxylic acids is 1. The SMILES string of the molecule is O=C(O)C(F)(F)F.S.S.[C-]#[N+][C@H]1CCCC1C(=O)[C@@H](N)Cc1c[nH]c2ccc(Oc3ccc(C=O)cc3)cc12. The summed E-state index contributed by atoms with van der Waals surface area (Å²) < 4.78 is 37.6. The first kappa shape index (κ1) is 33.6. The number of carbonyl (C=O) groups excluding carboxylic acids is 2. The number of ether oxygens (including phenoxy) is 1. The largest absolute Gasteiger partial charge is 0.490 e. The zero-order chi connectivity index (χ0) is 27.2. The summed E-state index contributed by atoms with van der Waals surface area (Å²) in [4.78, 5) is 39.3. The van der Waals surface area contributed by atoms with Gasteiger partial charge in [0.25, 0.3) is 0 Å². The molecule has 1 aliphatic carbocycles. The summed E-state index contributed by atoms with van der Waals surface area (Å²) in [6.07, 6.45) is 0.456. The van der Waals surface area contributed by atoms with Gasteiger partial charge in [-0.2, -0.15) is 40.2 Å². The van der Waals surface area contributed by atoms with Gasteiger partial charge in [-0.25, -0.2) is 11.4 Å². The van der Waals surface area contributed by atoms with Crippen LogP contribution in [0.3, 0.4) is 0 Å². The normalized spacial score (nSPS) is 16.9. The van der Waals surface area contributed by atoms with Gasteiger partial charge < -0.3 is 25.4 Å². The van der Waals surface area contributed by atoms with Crippen molar-refractivity contribution in [2.24, 2.45) is 11.7 Å². The van der Waals surface area contributed by atoms with Crippen LogP contribution in [0.15, 0.2) is 48.7 Å². The van der Waals surface area contributed by atoms with Crippen LogP contribution in [0.5, 0.6) is 11.5 Å². The van der Waals surface area contributed by atoms with Gasteiger partial charge in [-0.1, -0.05) is 0 Å². The van der Waals surface area contributed by atoms with Crippen LogP contribution in [0.2, 0.25) is 0 Å². The molecule has 39 heavy (non-hydrogen) atoms. The number of Topliss-reactive ketones (excluding diaryl/α,β-unsaturated/α-hetero) is 1. The molecular weight excluding hydrogens is 555 g/mol. The van der Waals surface area contributed by atoms with Gasteiger partial charge in [-0.3, -0.25) is 9.59 Å². The Balaban J connectivity index is 0.000000752. The molecule has 1 fully saturated rings. The van der Waals surface area contributed by atoms with Gasteiger partial charge in [0, 0.05) is 29.1 Å². The van der Waals surface area contributed by atoms with Crippen LogP contribution >= 0.6 is 27.0 Å². The van der Waals surface area contributed by atoms with E-state index < -0.39 is 18.2 Å². The van der Waals surface area contributed by atoms with E-state index in [0.717, 1.165) is 42.0 Å². The van der Waals surface area contributed by atoms with E-state index in [9.17, 15) is 22.8 Å². The second-order valence-corrected chi connectivity index (χ2v) is 8.56. The topological polar surface area (TPSA) is 127 Å². The number of halogens is 3. The molecular formula is C26H28F3N3O5S2. The summed E-state index contributed by atoms with van der Waals surface area (Å²) >= 11 is 0. The number of H-pyrrole nitrogens is 1. The van der Waals surface area contributed by atoms with E-state index in [4.69, 9.17) is 26.9 Å². The third-order valence-electron chi connectivity index (χ3n) is 6.05. The highest BCUT2D eigenvalue weighted by Crippen LogP contribution is 2.32. The summed E-state index contributed by atoms with van der Waals surface area (Å²) in [5, 5.41) is 8.08. The molecule has 0 aliphatic heterocycles. The highest BCUT2D eigenvalue weighted by atomic mass is 32.1. The third-order valence-corrected chi connectivity index (χ3v) is 6.05. The quantitative estimate of drug-likeness (QED) is 0.261. The predicted molar refractivity (Wildman–Crippen MR) is 149 cm³/mol. The van der Waals surface area contributed by atoms with Crippen molar-refractivity contribution in [2.75, 3.05) is 0 Å². The second kappa shape index (κ2) is 14.6. The molecule has 8 nitrogen and oxygen atoms in total. The summed E-state index contributed by atoms with van der Waals surface area (Å²) in [7, 11) is 0. The lowest BCUT2D eigenvalue weighted by molar-refractivity contribution is -0.192. The molecule has 0 spiro atoms. The van der Waals surface area contributed by atoms with Gasteiger partial charge in [0.15, 0.2) is 5.78 Å². The lowest BCUT2D eigenvalue weighted by Gasteiger charge is -2.15. The van der Waals surface area contributed by atoms with Crippen LogP contribution in [0.25, 0.3) is 15.7 Å². The lowest BCUT2D eigenvalue weighted by Crippen LogP contribution is -2.39. The smallest absolute Gasteiger partial charge is 0.475 e. The van der Waals surface area contributed by atoms with Crippen LogP contribution in [0.4, 0.5) is 13.2 Å². The molecule has 3 aromatic rings. The van der Waals surface area contributed by atoms with E-state index in [-0.39, 0.29) is 44.7 Å². The maximum Gasteiger partial charge on any atom is 0.490 e. The summed E-state index contributed by atoms with van der Waals surface area (Å²) in [6, 6.07) is 11.7. The van der Waals surface area contributed by atoms with Gasteiger partial charge in [0.05, 0.1) is 12.0 Å². The minimum atomic E-state index is -5.08. The first-order valence-corrected chi connectivity index (χ1v) is 11.3. The number of nitrogens with two attached hydrogens (primary N) is 1. The number of ketones is 1. The van der Waals surface area contributed by atoms with Crippen LogP contribution in [0, 0.1) is 12.5 Å². The number of aliphatic carboxylic acids is 1. The highest BCUT2D eigenvalue weighted by Gasteiger charge is 2.40.